The smallest absolute Gasteiger partial charge is 0.546 e. The predicted molar refractivity (Wildman–Crippen MR) is 276 cm³/mol. The normalized spacial score (nSPS) is 11.7. The summed E-state index contributed by atoms with van der Waals surface area (Å²) in [5, 5.41) is 0.984. The van der Waals surface area contributed by atoms with E-state index in [2.05, 4.69) is 20.9 Å². The van der Waals surface area contributed by atoms with Crippen LogP contribution in [0.25, 0.3) is 0 Å². The molecule has 0 aliphatic heterocycles. The van der Waals surface area contributed by atoms with Crippen molar-refractivity contribution in [3.63, 3.8) is 0 Å². The first-order chi connectivity index (χ1) is 36.3. The van der Waals surface area contributed by atoms with Crippen molar-refractivity contribution < 1.29 is 74.5 Å². The molecule has 1 N–H and O–H groups in total. The molecule has 0 aromatic heterocycles. The molecule has 2 nitrogen and oxygen atoms in total. The summed E-state index contributed by atoms with van der Waals surface area (Å²) in [5.74, 6) is -45.8. The average molecular weight is 1110 g/mol. The van der Waals surface area contributed by atoms with Crippen molar-refractivity contribution in [1.29, 1.82) is 0 Å². The van der Waals surface area contributed by atoms with Gasteiger partial charge < -0.3 is 8.69 Å². The van der Waals surface area contributed by atoms with Gasteiger partial charge in [-0.15, -0.1) is 16.4 Å². The minimum atomic E-state index is -5.81. The quantitative estimate of drug-likeness (QED) is 0.0162. The van der Waals surface area contributed by atoms with Crippen LogP contribution in [0.2, 0.25) is 10.6 Å². The number of halogens is 15. The van der Waals surface area contributed by atoms with Crippen molar-refractivity contribution in [3.8, 4) is 5.75 Å². The van der Waals surface area contributed by atoms with Gasteiger partial charge >= 0.3 is 14.5 Å². The Hall–Kier alpha value is -3.81. The topological polar surface area (TPSA) is 13.7 Å². The van der Waals surface area contributed by atoms with Crippen LogP contribution in [-0.2, 0) is 0 Å². The Morgan fingerprint density at radius 2 is 0.553 bits per heavy atom. The third-order valence-electron chi connectivity index (χ3n) is 14.5. The molecule has 76 heavy (non-hydrogen) atoms. The highest BCUT2D eigenvalue weighted by molar-refractivity contribution is 7.20. The zero-order valence-corrected chi connectivity index (χ0v) is 46.0. The molecule has 426 valence electrons. The van der Waals surface area contributed by atoms with E-state index in [0.717, 1.165) is 12.1 Å². The fourth-order valence-electron chi connectivity index (χ4n) is 10.1. The van der Waals surface area contributed by atoms with Crippen molar-refractivity contribution in [2.45, 2.75) is 192 Å². The van der Waals surface area contributed by atoms with Gasteiger partial charge in [0.25, 0.3) is 0 Å². The van der Waals surface area contributed by atoms with Gasteiger partial charge in [0, 0.05) is 0 Å². The second-order valence-electron chi connectivity index (χ2n) is 20.2. The Labute approximate surface area is 445 Å². The van der Waals surface area contributed by atoms with E-state index in [0.29, 0.717) is 22.7 Å². The van der Waals surface area contributed by atoms with Gasteiger partial charge in [0.2, 0.25) is 0 Å². The maximum absolute atomic E-state index is 15.6. The summed E-state index contributed by atoms with van der Waals surface area (Å²) in [6.07, 6.45) is 29.3. The van der Waals surface area contributed by atoms with Gasteiger partial charge in [-0.25, -0.2) is 65.9 Å². The zero-order valence-electron chi connectivity index (χ0n) is 44.8. The third kappa shape index (κ3) is 17.6. The molecule has 19 heteroatoms. The van der Waals surface area contributed by atoms with Gasteiger partial charge in [-0.05, 0) is 37.8 Å². The fraction of sp³-hybridized carbons (Fsp3) is 0.579. The SMILES string of the molecule is CCCCCCCCCCCCCC[NH+](C)CCCCCCCCCCCCCC.C[CH2][Al]([CH2]C)[O]c1ccc([B-](c2c(F)c(F)c(F)c(F)c2F)(c2c(F)c(F)c(F)c(F)c2F)c2c(F)c(F)c(F)c(F)c2F)cc1. The summed E-state index contributed by atoms with van der Waals surface area (Å²) in [6.45, 7) is 10.8. The molecular formula is C57H76AlBF15NO. The van der Waals surface area contributed by atoms with Crippen LogP contribution in [0.5, 0.6) is 5.75 Å². The van der Waals surface area contributed by atoms with Gasteiger partial charge in [0.1, 0.15) is 41.0 Å². The van der Waals surface area contributed by atoms with Crippen LogP contribution in [0.1, 0.15) is 182 Å². The van der Waals surface area contributed by atoms with Gasteiger partial charge in [0.05, 0.1) is 25.9 Å². The van der Waals surface area contributed by atoms with Crippen molar-refractivity contribution in [2.75, 3.05) is 20.1 Å². The molecule has 0 aliphatic carbocycles. The van der Waals surface area contributed by atoms with E-state index in [-0.39, 0.29) is 5.75 Å². The lowest BCUT2D eigenvalue weighted by molar-refractivity contribution is -0.880. The molecule has 0 bridgehead atoms. The molecule has 0 heterocycles. The maximum Gasteiger partial charge on any atom is 0.546 e. The van der Waals surface area contributed by atoms with E-state index in [1.807, 2.05) is 0 Å². The predicted octanol–water partition coefficient (Wildman–Crippen LogP) is 15.5. The summed E-state index contributed by atoms with van der Waals surface area (Å²) in [4.78, 5) is 1.77. The highest BCUT2D eigenvalue weighted by atomic mass is 27.2. The largest absolute Gasteiger partial charge is 0.643 e. The lowest BCUT2D eigenvalue weighted by Gasteiger charge is -2.44. The molecule has 0 atom stereocenters. The van der Waals surface area contributed by atoms with E-state index in [1.165, 1.54) is 167 Å². The minimum absolute atomic E-state index is 0.166. The van der Waals surface area contributed by atoms with Crippen LogP contribution in [0.15, 0.2) is 24.3 Å². The number of hydrogen-bond acceptors (Lipinski definition) is 1. The maximum atomic E-state index is 15.6. The van der Waals surface area contributed by atoms with E-state index in [1.54, 1.807) is 18.7 Å². The Morgan fingerprint density at radius 1 is 0.329 bits per heavy atom. The monoisotopic (exact) mass is 1110 g/mol. The number of hydrogen-bond donors (Lipinski definition) is 1. The molecule has 0 radical (unpaired) electrons. The summed E-state index contributed by atoms with van der Waals surface area (Å²) in [7, 11) is 2.41. The second kappa shape index (κ2) is 34.3. The lowest BCUT2D eigenvalue weighted by Crippen LogP contribution is -3.09. The molecule has 0 aliphatic rings. The van der Waals surface area contributed by atoms with Crippen LogP contribution in [0.4, 0.5) is 65.9 Å². The zero-order chi connectivity index (χ0) is 56.5. The third-order valence-corrected chi connectivity index (χ3v) is 17.0. The first-order valence-electron chi connectivity index (χ1n) is 27.6. The molecule has 4 rings (SSSR count). The number of quaternary nitrogens is 1. The lowest BCUT2D eigenvalue weighted by atomic mass is 9.12. The van der Waals surface area contributed by atoms with Crippen LogP contribution in [0, 0.1) is 87.3 Å². The fourth-order valence-corrected chi connectivity index (χ4v) is 11.5. The van der Waals surface area contributed by atoms with Crippen LogP contribution in [0.3, 0.4) is 0 Å². The Morgan fingerprint density at radius 3 is 0.789 bits per heavy atom. The molecule has 0 unspecified atom stereocenters. The van der Waals surface area contributed by atoms with Gasteiger partial charge in [-0.1, -0.05) is 179 Å². The molecule has 0 saturated carbocycles. The second-order valence-corrected chi connectivity index (χ2v) is 23.3. The summed E-state index contributed by atoms with van der Waals surface area (Å²) < 4.78 is 230. The number of nitrogens with one attached hydrogen (secondary N) is 1. The van der Waals surface area contributed by atoms with Gasteiger partial charge in [0.15, 0.2) is 52.4 Å². The van der Waals surface area contributed by atoms with Gasteiger partial charge in [-0.3, -0.25) is 0 Å². The Balaban J connectivity index is 0.000000441. The van der Waals surface area contributed by atoms with Crippen LogP contribution < -0.4 is 30.5 Å². The molecule has 4 aromatic rings. The average Bonchev–Trinajstić information content (AvgIpc) is 3.41. The van der Waals surface area contributed by atoms with E-state index in [4.69, 9.17) is 3.79 Å². The molecule has 0 fully saturated rings. The highest BCUT2D eigenvalue weighted by Gasteiger charge is 2.49. The van der Waals surface area contributed by atoms with Gasteiger partial charge in [-0.2, -0.15) is 5.46 Å². The number of rotatable bonds is 34. The van der Waals surface area contributed by atoms with Crippen molar-refractivity contribution in [3.05, 3.63) is 112 Å². The first kappa shape index (κ1) is 66.5. The molecule has 4 aromatic carbocycles. The molecule has 0 saturated heterocycles. The summed E-state index contributed by atoms with van der Waals surface area (Å²) in [6, 6.07) is 2.36. The summed E-state index contributed by atoms with van der Waals surface area (Å²) in [5.41, 5.74) is -9.49. The number of benzene rings is 4. The first-order valence-corrected chi connectivity index (χ1v) is 29.7. The molecule has 0 spiro atoms. The summed E-state index contributed by atoms with van der Waals surface area (Å²) >= 11 is -2.04. The van der Waals surface area contributed by atoms with Crippen molar-refractivity contribution in [2.24, 2.45) is 0 Å². The number of unbranched alkanes of at least 4 members (excludes halogenated alkanes) is 22. The van der Waals surface area contributed by atoms with E-state index >= 15 is 26.3 Å². The standard InChI is InChI=1S/C29H61N.C24H5BF15O.2C2H5.Al/c1-4-6-8-10-12-14-16-18-20-22-24-26-28-30(3)29-27-25-23-21-19-17-15-13-11-9-7-5-2;26-10-7(11(27)17(33)22(38)16(10)32)25(5-1-3-6(41)4-2-5,8-12(28)18(34)23(39)19(35)13(8)29)9-14(30)20(36)24(40)21(37)15(9)31;2*1-2;/h4-29H2,1-3H3;1-4,41H;2*1H2,2H3;/q;-1;;;+1. The minimum Gasteiger partial charge on any atom is -0.643 e. The molecular weight excluding hydrogens is 1040 g/mol. The molecule has 0 amide bonds. The Bertz CT molecular complexity index is 2100. The van der Waals surface area contributed by atoms with E-state index in [9.17, 15) is 39.5 Å². The van der Waals surface area contributed by atoms with Crippen molar-refractivity contribution >= 4 is 42.5 Å². The highest BCUT2D eigenvalue weighted by Crippen LogP contribution is 2.29. The van der Waals surface area contributed by atoms with Crippen LogP contribution >= 0.6 is 0 Å². The Kier molecular flexibility index (Phi) is 30.0. The van der Waals surface area contributed by atoms with E-state index < -0.39 is 130 Å². The van der Waals surface area contributed by atoms with Crippen molar-refractivity contribution in [1.82, 2.24) is 0 Å². The van der Waals surface area contributed by atoms with Crippen LogP contribution in [-0.4, -0.2) is 40.8 Å².